The average molecular weight is 477 g/mol. The second-order valence-corrected chi connectivity index (χ2v) is 10.7. The van der Waals surface area contributed by atoms with Gasteiger partial charge in [0.05, 0.1) is 23.7 Å². The van der Waals surface area contributed by atoms with E-state index in [1.807, 2.05) is 0 Å². The van der Waals surface area contributed by atoms with Crippen LogP contribution in [0.1, 0.15) is 38.5 Å². The Balaban J connectivity index is 1.60. The van der Waals surface area contributed by atoms with Crippen molar-refractivity contribution < 1.29 is 17.9 Å². The summed E-state index contributed by atoms with van der Waals surface area (Å²) in [6, 6.07) is 13.2. The molecule has 0 spiro atoms. The van der Waals surface area contributed by atoms with Gasteiger partial charge in [-0.2, -0.15) is 0 Å². The third kappa shape index (κ3) is 4.80. The van der Waals surface area contributed by atoms with Gasteiger partial charge in [-0.25, -0.2) is 8.42 Å². The van der Waals surface area contributed by atoms with Crippen LogP contribution in [0.5, 0.6) is 5.75 Å². The molecule has 0 N–H and O–H groups in total. The van der Waals surface area contributed by atoms with Crippen LogP contribution in [0.25, 0.3) is 0 Å². The minimum absolute atomic E-state index is 0.00752. The summed E-state index contributed by atoms with van der Waals surface area (Å²) in [5.41, 5.74) is 0.595. The Morgan fingerprint density at radius 3 is 2.22 bits per heavy atom. The number of carbonyl (C=O) groups is 1. The van der Waals surface area contributed by atoms with Gasteiger partial charge in [-0.05, 0) is 74.2 Å². The van der Waals surface area contributed by atoms with Gasteiger partial charge >= 0.3 is 0 Å². The molecule has 32 heavy (non-hydrogen) atoms. The van der Waals surface area contributed by atoms with Gasteiger partial charge in [0, 0.05) is 30.6 Å². The summed E-state index contributed by atoms with van der Waals surface area (Å²) < 4.78 is 34.2. The van der Waals surface area contributed by atoms with Gasteiger partial charge in [0.25, 0.3) is 10.0 Å². The lowest BCUT2D eigenvalue weighted by molar-refractivity contribution is -0.126. The van der Waals surface area contributed by atoms with E-state index in [4.69, 9.17) is 16.3 Å². The van der Waals surface area contributed by atoms with E-state index in [0.717, 1.165) is 19.3 Å². The number of nitrogens with zero attached hydrogens (tertiary/aromatic N) is 2. The maximum absolute atomic E-state index is 13.7. The van der Waals surface area contributed by atoms with Gasteiger partial charge in [-0.15, -0.1) is 0 Å². The Morgan fingerprint density at radius 2 is 1.62 bits per heavy atom. The van der Waals surface area contributed by atoms with Gasteiger partial charge in [0.15, 0.2) is 0 Å². The Kier molecular flexibility index (Phi) is 7.08. The first kappa shape index (κ1) is 23.1. The minimum atomic E-state index is -3.80. The van der Waals surface area contributed by atoms with Gasteiger partial charge in [0.1, 0.15) is 11.5 Å². The molecule has 2 aromatic carbocycles. The lowest BCUT2D eigenvalue weighted by Gasteiger charge is -2.42. The maximum atomic E-state index is 13.7. The zero-order chi connectivity index (χ0) is 22.7. The van der Waals surface area contributed by atoms with E-state index in [9.17, 15) is 13.2 Å². The van der Waals surface area contributed by atoms with Crippen molar-refractivity contribution in [3.63, 3.8) is 0 Å². The molecule has 0 bridgehead atoms. The van der Waals surface area contributed by atoms with Crippen LogP contribution in [0.4, 0.5) is 5.69 Å². The highest BCUT2D eigenvalue weighted by Gasteiger charge is 2.37. The molecule has 1 unspecified atom stereocenters. The summed E-state index contributed by atoms with van der Waals surface area (Å²) in [6.45, 7) is 1.42. The highest BCUT2D eigenvalue weighted by Crippen LogP contribution is 2.33. The summed E-state index contributed by atoms with van der Waals surface area (Å²) in [5, 5.41) is 0.557. The second-order valence-electron chi connectivity index (χ2n) is 8.45. The Hall–Kier alpha value is -2.09. The Morgan fingerprint density at radius 1 is 0.969 bits per heavy atom. The number of halogens is 1. The minimum Gasteiger partial charge on any atom is -0.497 e. The van der Waals surface area contributed by atoms with Crippen molar-refractivity contribution in [2.75, 3.05) is 24.5 Å². The smallest absolute Gasteiger partial charge is 0.264 e. The van der Waals surface area contributed by atoms with E-state index < -0.39 is 10.0 Å². The number of hydrogen-bond donors (Lipinski definition) is 0. The third-order valence-corrected chi connectivity index (χ3v) is 8.64. The van der Waals surface area contributed by atoms with Crippen LogP contribution in [0, 0.1) is 0 Å². The number of rotatable bonds is 6. The maximum Gasteiger partial charge on any atom is 0.264 e. The van der Waals surface area contributed by atoms with E-state index in [1.165, 1.54) is 4.31 Å². The molecule has 6 nitrogen and oxygen atoms in total. The van der Waals surface area contributed by atoms with E-state index in [0.29, 0.717) is 54.6 Å². The lowest BCUT2D eigenvalue weighted by Crippen LogP contribution is -2.52. The average Bonchev–Trinajstić information content (AvgIpc) is 2.81. The van der Waals surface area contributed by atoms with Gasteiger partial charge in [-0.1, -0.05) is 18.0 Å². The highest BCUT2D eigenvalue weighted by atomic mass is 35.5. The van der Waals surface area contributed by atoms with Crippen LogP contribution in [-0.4, -0.2) is 51.4 Å². The van der Waals surface area contributed by atoms with Gasteiger partial charge < -0.3 is 4.74 Å². The molecule has 172 valence electrons. The van der Waals surface area contributed by atoms with Crippen LogP contribution in [0.3, 0.4) is 0 Å². The van der Waals surface area contributed by atoms with Crippen molar-refractivity contribution in [2.45, 2.75) is 55.5 Å². The number of sulfonamides is 1. The number of ketones is 1. The zero-order valence-electron chi connectivity index (χ0n) is 18.2. The predicted molar refractivity (Wildman–Crippen MR) is 126 cm³/mol. The molecule has 4 rings (SSSR count). The highest BCUT2D eigenvalue weighted by molar-refractivity contribution is 7.92. The molecule has 1 saturated carbocycles. The molecule has 1 aliphatic carbocycles. The standard InChI is InChI=1S/C24H29ClN2O4S/c1-31-21-10-12-22(13-11-21)32(29,30)27(19-8-6-18(25)7-9-19)20-14-16-26(17-15-20)23-4-2-3-5-24(23)28/h6-13,20,23H,2-5,14-17H2,1H3. The van der Waals surface area contributed by atoms with E-state index in [1.54, 1.807) is 55.6 Å². The summed E-state index contributed by atoms with van der Waals surface area (Å²) in [7, 11) is -2.25. The van der Waals surface area contributed by atoms with Crippen molar-refractivity contribution in [1.82, 2.24) is 4.90 Å². The second kappa shape index (κ2) is 9.81. The molecule has 1 atom stereocenters. The van der Waals surface area contributed by atoms with Gasteiger partial charge in [-0.3, -0.25) is 14.0 Å². The molecule has 8 heteroatoms. The molecular formula is C24H29ClN2O4S. The predicted octanol–water partition coefficient (Wildman–Crippen LogP) is 4.52. The number of methoxy groups -OCH3 is 1. The fourth-order valence-corrected chi connectivity index (χ4v) is 6.61. The fraction of sp³-hybridized carbons (Fsp3) is 0.458. The van der Waals surface area contributed by atoms with Crippen LogP contribution < -0.4 is 9.04 Å². The van der Waals surface area contributed by atoms with Gasteiger partial charge in [0.2, 0.25) is 0 Å². The number of likely N-dealkylation sites (tertiary alicyclic amines) is 1. The molecule has 1 heterocycles. The Labute approximate surface area is 195 Å². The van der Waals surface area contributed by atoms with Crippen molar-refractivity contribution in [2.24, 2.45) is 0 Å². The topological polar surface area (TPSA) is 66.9 Å². The zero-order valence-corrected chi connectivity index (χ0v) is 19.8. The molecule has 1 saturated heterocycles. The van der Waals surface area contributed by atoms with Crippen molar-refractivity contribution in [3.8, 4) is 5.75 Å². The number of anilines is 1. The summed E-state index contributed by atoms with van der Waals surface area (Å²) in [4.78, 5) is 14.9. The van der Waals surface area contributed by atoms with Crippen molar-refractivity contribution in [1.29, 1.82) is 0 Å². The number of ether oxygens (including phenoxy) is 1. The molecule has 1 aliphatic heterocycles. The Bertz CT molecular complexity index is 1030. The number of piperidine rings is 1. The monoisotopic (exact) mass is 476 g/mol. The summed E-state index contributed by atoms with van der Waals surface area (Å²) >= 11 is 6.07. The quantitative estimate of drug-likeness (QED) is 0.613. The van der Waals surface area contributed by atoms with Crippen LogP contribution in [-0.2, 0) is 14.8 Å². The molecule has 2 aliphatic rings. The first-order valence-electron chi connectivity index (χ1n) is 11.1. The number of hydrogen-bond acceptors (Lipinski definition) is 5. The first-order valence-corrected chi connectivity index (χ1v) is 12.9. The van der Waals surface area contributed by atoms with Crippen LogP contribution >= 0.6 is 11.6 Å². The largest absolute Gasteiger partial charge is 0.497 e. The number of carbonyl (C=O) groups excluding carboxylic acids is 1. The van der Waals surface area contributed by atoms with E-state index in [-0.39, 0.29) is 17.0 Å². The van der Waals surface area contributed by atoms with E-state index >= 15 is 0 Å². The van der Waals surface area contributed by atoms with E-state index in [2.05, 4.69) is 4.90 Å². The molecule has 2 aromatic rings. The molecule has 0 radical (unpaired) electrons. The van der Waals surface area contributed by atoms with Crippen molar-refractivity contribution in [3.05, 3.63) is 53.6 Å². The van der Waals surface area contributed by atoms with Crippen LogP contribution in [0.2, 0.25) is 5.02 Å². The normalized spacial score (nSPS) is 20.8. The molecule has 0 aromatic heterocycles. The molecular weight excluding hydrogens is 448 g/mol. The summed E-state index contributed by atoms with van der Waals surface area (Å²) in [5.74, 6) is 0.933. The van der Waals surface area contributed by atoms with Crippen molar-refractivity contribution >= 4 is 33.1 Å². The number of Topliss-reactive ketones (excluding diaryl/α,β-unsaturated/α-hetero) is 1. The number of benzene rings is 2. The fourth-order valence-electron chi connectivity index (χ4n) is 4.78. The van der Waals surface area contributed by atoms with Crippen LogP contribution in [0.15, 0.2) is 53.4 Å². The lowest BCUT2D eigenvalue weighted by atomic mass is 9.91. The molecule has 2 fully saturated rings. The third-order valence-electron chi connectivity index (χ3n) is 6.49. The first-order chi connectivity index (χ1) is 15.4. The summed E-state index contributed by atoms with van der Waals surface area (Å²) in [6.07, 6.45) is 4.97. The SMILES string of the molecule is COc1ccc(S(=O)(=O)N(c2ccc(Cl)cc2)C2CCN(C3CCCCC3=O)CC2)cc1. The molecule has 0 amide bonds.